The van der Waals surface area contributed by atoms with Crippen molar-refractivity contribution in [3.05, 3.63) is 53.9 Å². The second-order valence-electron chi connectivity index (χ2n) is 4.62. The molecular formula is C14H17IN4O. The van der Waals surface area contributed by atoms with E-state index in [0.717, 1.165) is 18.2 Å². The first kappa shape index (κ1) is 14.8. The van der Waals surface area contributed by atoms with Crippen LogP contribution < -0.4 is 5.32 Å². The summed E-state index contributed by atoms with van der Waals surface area (Å²) in [5.74, 6) is 0.900. The fraction of sp³-hybridized carbons (Fsp3) is 0.286. The summed E-state index contributed by atoms with van der Waals surface area (Å²) in [6.45, 7) is 1.45. The van der Waals surface area contributed by atoms with Crippen LogP contribution in [0.3, 0.4) is 0 Å². The van der Waals surface area contributed by atoms with Crippen molar-refractivity contribution in [2.24, 2.45) is 4.99 Å². The van der Waals surface area contributed by atoms with Crippen LogP contribution >= 0.6 is 24.0 Å². The molecule has 1 atom stereocenters. The highest BCUT2D eigenvalue weighted by atomic mass is 127. The molecule has 1 N–H and O–H groups in total. The van der Waals surface area contributed by atoms with Crippen LogP contribution in [-0.2, 0) is 6.54 Å². The molecule has 2 heterocycles. The Morgan fingerprint density at radius 2 is 2.10 bits per heavy atom. The number of rotatable bonds is 3. The number of hydrogen-bond donors (Lipinski definition) is 1. The highest BCUT2D eigenvalue weighted by Crippen LogP contribution is 2.17. The fourth-order valence-electron chi connectivity index (χ4n) is 2.17. The predicted octanol–water partition coefficient (Wildman–Crippen LogP) is 2.42. The van der Waals surface area contributed by atoms with Gasteiger partial charge >= 0.3 is 0 Å². The van der Waals surface area contributed by atoms with Gasteiger partial charge in [0.05, 0.1) is 19.1 Å². The Labute approximate surface area is 135 Å². The minimum Gasteiger partial charge on any atom is -0.364 e. The van der Waals surface area contributed by atoms with Gasteiger partial charge < -0.3 is 14.7 Å². The zero-order chi connectivity index (χ0) is 13.1. The predicted molar refractivity (Wildman–Crippen MR) is 88.0 cm³/mol. The fourth-order valence-corrected chi connectivity index (χ4v) is 2.17. The van der Waals surface area contributed by atoms with Crippen molar-refractivity contribution in [2.45, 2.75) is 12.6 Å². The third-order valence-corrected chi connectivity index (χ3v) is 3.18. The van der Waals surface area contributed by atoms with Gasteiger partial charge in [-0.2, -0.15) is 0 Å². The minimum absolute atomic E-state index is 0. The smallest absolute Gasteiger partial charge is 0.194 e. The molecule has 106 valence electrons. The molecule has 0 fully saturated rings. The second kappa shape index (κ2) is 6.74. The first-order chi connectivity index (χ1) is 9.33. The molecule has 3 rings (SSSR count). The maximum absolute atomic E-state index is 4.83. The second-order valence-corrected chi connectivity index (χ2v) is 4.62. The summed E-state index contributed by atoms with van der Waals surface area (Å²) in [7, 11) is 1.99. The van der Waals surface area contributed by atoms with Crippen molar-refractivity contribution in [1.29, 1.82) is 0 Å². The minimum atomic E-state index is 0. The SMILES string of the molecule is CN(Cc1ccon1)C1=NCC(c2ccccc2)N1.I. The zero-order valence-electron chi connectivity index (χ0n) is 11.2. The molecule has 0 saturated heterocycles. The Kier molecular flexibility index (Phi) is 4.99. The number of aliphatic imine (C=N–C) groups is 1. The van der Waals surface area contributed by atoms with Gasteiger partial charge in [0, 0.05) is 13.1 Å². The van der Waals surface area contributed by atoms with Gasteiger partial charge in [-0.1, -0.05) is 35.5 Å². The van der Waals surface area contributed by atoms with Crippen molar-refractivity contribution in [3.8, 4) is 0 Å². The molecule has 0 spiro atoms. The Morgan fingerprint density at radius 3 is 2.80 bits per heavy atom. The monoisotopic (exact) mass is 384 g/mol. The number of aromatic nitrogens is 1. The van der Waals surface area contributed by atoms with E-state index < -0.39 is 0 Å². The number of benzene rings is 1. The summed E-state index contributed by atoms with van der Waals surface area (Å²) >= 11 is 0. The summed E-state index contributed by atoms with van der Waals surface area (Å²) in [5, 5.41) is 7.34. The molecule has 1 aromatic heterocycles. The van der Waals surface area contributed by atoms with Gasteiger partial charge in [0.15, 0.2) is 5.96 Å². The third kappa shape index (κ3) is 3.30. The van der Waals surface area contributed by atoms with Crippen LogP contribution in [0.25, 0.3) is 0 Å². The van der Waals surface area contributed by atoms with Gasteiger partial charge in [-0.25, -0.2) is 0 Å². The van der Waals surface area contributed by atoms with Gasteiger partial charge in [-0.3, -0.25) is 4.99 Å². The maximum atomic E-state index is 4.83. The lowest BCUT2D eigenvalue weighted by Crippen LogP contribution is -2.36. The van der Waals surface area contributed by atoms with Crippen molar-refractivity contribution in [1.82, 2.24) is 15.4 Å². The third-order valence-electron chi connectivity index (χ3n) is 3.18. The summed E-state index contributed by atoms with van der Waals surface area (Å²) in [6.07, 6.45) is 1.58. The average molecular weight is 384 g/mol. The molecule has 0 bridgehead atoms. The normalized spacial score (nSPS) is 17.1. The van der Waals surface area contributed by atoms with E-state index in [1.54, 1.807) is 6.26 Å². The Hall–Kier alpha value is -1.57. The van der Waals surface area contributed by atoms with E-state index in [-0.39, 0.29) is 30.0 Å². The topological polar surface area (TPSA) is 53.7 Å². The average Bonchev–Trinajstić information content (AvgIpc) is 3.10. The Morgan fingerprint density at radius 1 is 1.30 bits per heavy atom. The van der Waals surface area contributed by atoms with Gasteiger partial charge in [-0.05, 0) is 5.56 Å². The first-order valence-electron chi connectivity index (χ1n) is 6.29. The zero-order valence-corrected chi connectivity index (χ0v) is 13.5. The Balaban J connectivity index is 0.00000147. The molecule has 0 amide bonds. The van der Waals surface area contributed by atoms with E-state index in [1.165, 1.54) is 5.56 Å². The molecule has 1 aliphatic heterocycles. The summed E-state index contributed by atoms with van der Waals surface area (Å²) in [4.78, 5) is 6.59. The molecule has 20 heavy (non-hydrogen) atoms. The van der Waals surface area contributed by atoms with Crippen LogP contribution in [0.15, 0.2) is 52.2 Å². The number of nitrogens with zero attached hydrogens (tertiary/aromatic N) is 3. The maximum Gasteiger partial charge on any atom is 0.194 e. The van der Waals surface area contributed by atoms with Crippen LogP contribution in [0.5, 0.6) is 0 Å². The van der Waals surface area contributed by atoms with Gasteiger partial charge in [0.1, 0.15) is 12.0 Å². The molecule has 5 nitrogen and oxygen atoms in total. The summed E-state index contributed by atoms with van der Waals surface area (Å²) in [6, 6.07) is 12.5. The largest absolute Gasteiger partial charge is 0.364 e. The molecule has 2 aromatic rings. The molecule has 0 saturated carbocycles. The summed E-state index contributed by atoms with van der Waals surface area (Å²) in [5.41, 5.74) is 2.16. The number of nitrogens with one attached hydrogen (secondary N) is 1. The van der Waals surface area contributed by atoms with Gasteiger partial charge in [0.2, 0.25) is 0 Å². The molecule has 1 aromatic carbocycles. The van der Waals surface area contributed by atoms with Crippen LogP contribution in [0.4, 0.5) is 0 Å². The lowest BCUT2D eigenvalue weighted by Gasteiger charge is -2.19. The molecule has 1 aliphatic rings. The van der Waals surface area contributed by atoms with E-state index >= 15 is 0 Å². The van der Waals surface area contributed by atoms with Crippen molar-refractivity contribution >= 4 is 29.9 Å². The van der Waals surface area contributed by atoms with Crippen molar-refractivity contribution in [2.75, 3.05) is 13.6 Å². The summed E-state index contributed by atoms with van der Waals surface area (Å²) < 4.78 is 4.83. The molecule has 0 radical (unpaired) electrons. The highest BCUT2D eigenvalue weighted by molar-refractivity contribution is 14.0. The highest BCUT2D eigenvalue weighted by Gasteiger charge is 2.21. The molecule has 0 aliphatic carbocycles. The number of guanidine groups is 1. The van der Waals surface area contributed by atoms with Crippen LogP contribution in [0.2, 0.25) is 0 Å². The van der Waals surface area contributed by atoms with E-state index in [9.17, 15) is 0 Å². The first-order valence-corrected chi connectivity index (χ1v) is 6.29. The molecule has 6 heteroatoms. The quantitative estimate of drug-likeness (QED) is 0.827. The van der Waals surface area contributed by atoms with E-state index in [0.29, 0.717) is 6.54 Å². The number of hydrogen-bond acceptors (Lipinski definition) is 5. The van der Waals surface area contributed by atoms with Crippen LogP contribution in [0, 0.1) is 0 Å². The van der Waals surface area contributed by atoms with E-state index in [1.807, 2.05) is 36.2 Å². The standard InChI is InChI=1S/C14H16N4O.HI/c1-18(10-12-7-8-19-17-12)14-15-9-13(16-14)11-5-3-2-4-6-11;/h2-8,13H,9-10H2,1H3,(H,15,16);1H. The van der Waals surface area contributed by atoms with Crippen molar-refractivity contribution in [3.63, 3.8) is 0 Å². The number of halogens is 1. The lowest BCUT2D eigenvalue weighted by atomic mass is 10.1. The molecule has 1 unspecified atom stereocenters. The van der Waals surface area contributed by atoms with Crippen LogP contribution in [-0.4, -0.2) is 29.6 Å². The lowest BCUT2D eigenvalue weighted by molar-refractivity contribution is 0.392. The van der Waals surface area contributed by atoms with Gasteiger partial charge in [0.25, 0.3) is 0 Å². The Bertz CT molecular complexity index is 556. The molecular weight excluding hydrogens is 367 g/mol. The van der Waals surface area contributed by atoms with Gasteiger partial charge in [-0.15, -0.1) is 24.0 Å². The van der Waals surface area contributed by atoms with E-state index in [4.69, 9.17) is 4.52 Å². The van der Waals surface area contributed by atoms with Crippen molar-refractivity contribution < 1.29 is 4.52 Å². The van der Waals surface area contributed by atoms with Crippen LogP contribution in [0.1, 0.15) is 17.3 Å². The van der Waals surface area contributed by atoms with E-state index in [2.05, 4.69) is 27.6 Å².